The van der Waals surface area contributed by atoms with Gasteiger partial charge < -0.3 is 5.32 Å². The average Bonchev–Trinajstić information content (AvgIpc) is 2.91. The van der Waals surface area contributed by atoms with Crippen LogP contribution >= 0.6 is 0 Å². The van der Waals surface area contributed by atoms with E-state index in [9.17, 15) is 14.4 Å². The number of amides is 3. The lowest BCUT2D eigenvalue weighted by atomic mass is 9.81. The lowest BCUT2D eigenvalue weighted by molar-refractivity contribution is -0.140. The van der Waals surface area contributed by atoms with Gasteiger partial charge in [0.15, 0.2) is 0 Å². The Morgan fingerprint density at radius 2 is 1.67 bits per heavy atom. The molecule has 1 aliphatic heterocycles. The predicted molar refractivity (Wildman–Crippen MR) is 104 cm³/mol. The third-order valence-electron chi connectivity index (χ3n) is 5.74. The van der Waals surface area contributed by atoms with Gasteiger partial charge in [-0.15, -0.1) is 0 Å². The van der Waals surface area contributed by atoms with E-state index in [0.717, 1.165) is 37.7 Å². The lowest BCUT2D eigenvalue weighted by Gasteiger charge is -2.22. The normalized spacial score (nSPS) is 23.4. The smallest absolute Gasteiger partial charge is 0.233 e. The molecule has 0 aromatic heterocycles. The average molecular weight is 370 g/mol. The molecule has 3 atom stereocenters. The van der Waals surface area contributed by atoms with E-state index >= 15 is 0 Å². The van der Waals surface area contributed by atoms with Gasteiger partial charge >= 0.3 is 0 Å². The standard InChI is InChI=1S/C22H30N2O3/c1-15(2)14-19(16-8-4-3-5-9-16)23-20(25)12-13-24-21(26)17-10-6-7-11-18(17)22(24)27/h3-5,8-9,15,17-19H,6-7,10-14H2,1-2H3,(H,23,25)/t17-,18-,19-/m0/s1. The number of rotatable bonds is 7. The molecular formula is C22H30N2O3. The summed E-state index contributed by atoms with van der Waals surface area (Å²) in [5.74, 6) is -0.0986. The van der Waals surface area contributed by atoms with Gasteiger partial charge in [0.2, 0.25) is 17.7 Å². The molecular weight excluding hydrogens is 340 g/mol. The maximum absolute atomic E-state index is 12.5. The van der Waals surface area contributed by atoms with Crippen molar-refractivity contribution in [3.63, 3.8) is 0 Å². The van der Waals surface area contributed by atoms with Gasteiger partial charge in [0.25, 0.3) is 0 Å². The van der Waals surface area contributed by atoms with Gasteiger partial charge in [-0.25, -0.2) is 0 Å². The molecule has 1 heterocycles. The van der Waals surface area contributed by atoms with Crippen molar-refractivity contribution in [2.75, 3.05) is 6.54 Å². The zero-order chi connectivity index (χ0) is 19.4. The highest BCUT2D eigenvalue weighted by Gasteiger charge is 2.47. The topological polar surface area (TPSA) is 66.5 Å². The number of benzene rings is 1. The molecule has 27 heavy (non-hydrogen) atoms. The van der Waals surface area contributed by atoms with Crippen LogP contribution in [0.3, 0.4) is 0 Å². The van der Waals surface area contributed by atoms with E-state index in [2.05, 4.69) is 19.2 Å². The second-order valence-electron chi connectivity index (χ2n) is 8.24. The highest BCUT2D eigenvalue weighted by molar-refractivity contribution is 6.05. The first-order chi connectivity index (χ1) is 13.0. The zero-order valence-electron chi connectivity index (χ0n) is 16.3. The van der Waals surface area contributed by atoms with Gasteiger partial charge in [-0.1, -0.05) is 57.0 Å². The van der Waals surface area contributed by atoms with Crippen LogP contribution in [0.4, 0.5) is 0 Å². The zero-order valence-corrected chi connectivity index (χ0v) is 16.3. The molecule has 146 valence electrons. The molecule has 0 radical (unpaired) electrons. The van der Waals surface area contributed by atoms with Gasteiger partial charge in [-0.3, -0.25) is 19.3 Å². The molecule has 5 nitrogen and oxygen atoms in total. The quantitative estimate of drug-likeness (QED) is 0.748. The van der Waals surface area contributed by atoms with Crippen LogP contribution in [0.1, 0.15) is 64.0 Å². The Hall–Kier alpha value is -2.17. The molecule has 5 heteroatoms. The summed E-state index contributed by atoms with van der Waals surface area (Å²) in [6.45, 7) is 4.45. The van der Waals surface area contributed by atoms with Gasteiger partial charge in [0.1, 0.15) is 0 Å². The first kappa shape index (κ1) is 19.6. The molecule has 0 spiro atoms. The molecule has 1 aromatic rings. The van der Waals surface area contributed by atoms with E-state index < -0.39 is 0 Å². The van der Waals surface area contributed by atoms with E-state index in [0.29, 0.717) is 5.92 Å². The molecule has 1 saturated heterocycles. The number of carbonyl (C=O) groups excluding carboxylic acids is 3. The van der Waals surface area contributed by atoms with E-state index in [1.807, 2.05) is 30.3 Å². The van der Waals surface area contributed by atoms with E-state index in [1.54, 1.807) is 0 Å². The Morgan fingerprint density at radius 3 is 2.22 bits per heavy atom. The highest BCUT2D eigenvalue weighted by atomic mass is 16.2. The third-order valence-corrected chi connectivity index (χ3v) is 5.74. The summed E-state index contributed by atoms with van der Waals surface area (Å²) < 4.78 is 0. The molecule has 3 rings (SSSR count). The molecule has 1 saturated carbocycles. The molecule has 2 fully saturated rings. The van der Waals surface area contributed by atoms with Crippen molar-refractivity contribution in [1.29, 1.82) is 0 Å². The Labute approximate surface area is 161 Å². The number of likely N-dealkylation sites (tertiary alicyclic amines) is 1. The second-order valence-corrected chi connectivity index (χ2v) is 8.24. The summed E-state index contributed by atoms with van der Waals surface area (Å²) in [4.78, 5) is 38.9. The summed E-state index contributed by atoms with van der Waals surface area (Å²) in [5, 5.41) is 3.09. The predicted octanol–water partition coefficient (Wildman–Crippen LogP) is 3.46. The Morgan fingerprint density at radius 1 is 1.07 bits per heavy atom. The van der Waals surface area contributed by atoms with Crippen LogP contribution in [0, 0.1) is 17.8 Å². The van der Waals surface area contributed by atoms with Crippen molar-refractivity contribution in [1.82, 2.24) is 10.2 Å². The van der Waals surface area contributed by atoms with E-state index in [4.69, 9.17) is 0 Å². The van der Waals surface area contributed by atoms with Crippen LogP contribution in [-0.4, -0.2) is 29.2 Å². The highest BCUT2D eigenvalue weighted by Crippen LogP contribution is 2.38. The first-order valence-electron chi connectivity index (χ1n) is 10.2. The maximum atomic E-state index is 12.5. The largest absolute Gasteiger partial charge is 0.349 e. The van der Waals surface area contributed by atoms with Crippen LogP contribution in [0.15, 0.2) is 30.3 Å². The summed E-state index contributed by atoms with van der Waals surface area (Å²) in [5.41, 5.74) is 1.08. The number of nitrogens with zero attached hydrogens (tertiary/aromatic N) is 1. The van der Waals surface area contributed by atoms with Gasteiger partial charge in [0.05, 0.1) is 17.9 Å². The number of imide groups is 1. The molecule has 2 aliphatic rings. The minimum Gasteiger partial charge on any atom is -0.349 e. The SMILES string of the molecule is CC(C)C[C@H](NC(=O)CCN1C(=O)[C@H]2CCCC[C@@H]2C1=O)c1ccccc1. The number of hydrogen-bond donors (Lipinski definition) is 1. The second kappa shape index (κ2) is 8.68. The van der Waals surface area contributed by atoms with Crippen molar-refractivity contribution in [3.05, 3.63) is 35.9 Å². The molecule has 1 aliphatic carbocycles. The van der Waals surface area contributed by atoms with Gasteiger partial charge in [-0.2, -0.15) is 0 Å². The summed E-state index contributed by atoms with van der Waals surface area (Å²) in [6.07, 6.45) is 4.66. The summed E-state index contributed by atoms with van der Waals surface area (Å²) in [7, 11) is 0. The third kappa shape index (κ3) is 4.57. The Balaban J connectivity index is 1.58. The van der Waals surface area contributed by atoms with Crippen LogP contribution < -0.4 is 5.32 Å². The number of carbonyl (C=O) groups is 3. The van der Waals surface area contributed by atoms with Crippen molar-refractivity contribution >= 4 is 17.7 Å². The lowest BCUT2D eigenvalue weighted by Crippen LogP contribution is -2.36. The number of nitrogens with one attached hydrogen (secondary N) is 1. The first-order valence-corrected chi connectivity index (χ1v) is 10.2. The summed E-state index contributed by atoms with van der Waals surface area (Å²) >= 11 is 0. The van der Waals surface area contributed by atoms with Crippen LogP contribution in [-0.2, 0) is 14.4 Å². The Bertz CT molecular complexity index is 662. The molecule has 1 N–H and O–H groups in total. The van der Waals surface area contributed by atoms with Gasteiger partial charge in [0, 0.05) is 13.0 Å². The van der Waals surface area contributed by atoms with Crippen molar-refractivity contribution in [2.45, 2.75) is 58.4 Å². The fraction of sp³-hybridized carbons (Fsp3) is 0.591. The van der Waals surface area contributed by atoms with Crippen molar-refractivity contribution in [3.8, 4) is 0 Å². The molecule has 1 aromatic carbocycles. The van der Waals surface area contributed by atoms with Crippen molar-refractivity contribution in [2.24, 2.45) is 17.8 Å². The monoisotopic (exact) mass is 370 g/mol. The van der Waals surface area contributed by atoms with Crippen LogP contribution in [0.5, 0.6) is 0 Å². The Kier molecular flexibility index (Phi) is 6.30. The van der Waals surface area contributed by atoms with Crippen LogP contribution in [0.25, 0.3) is 0 Å². The fourth-order valence-electron chi connectivity index (χ4n) is 4.37. The molecule has 0 unspecified atom stereocenters. The minimum absolute atomic E-state index is 0.0498. The van der Waals surface area contributed by atoms with E-state index in [-0.39, 0.29) is 48.6 Å². The summed E-state index contributed by atoms with van der Waals surface area (Å²) in [6, 6.07) is 9.89. The number of hydrogen-bond acceptors (Lipinski definition) is 3. The molecule has 3 amide bonds. The van der Waals surface area contributed by atoms with Crippen LogP contribution in [0.2, 0.25) is 0 Å². The maximum Gasteiger partial charge on any atom is 0.233 e. The number of fused-ring (bicyclic) bond motifs is 1. The van der Waals surface area contributed by atoms with Gasteiger partial charge in [-0.05, 0) is 30.7 Å². The van der Waals surface area contributed by atoms with Crippen molar-refractivity contribution < 1.29 is 14.4 Å². The fourth-order valence-corrected chi connectivity index (χ4v) is 4.37. The molecule has 0 bridgehead atoms. The van der Waals surface area contributed by atoms with E-state index in [1.165, 1.54) is 4.90 Å². The minimum atomic E-state index is -0.146.